The summed E-state index contributed by atoms with van der Waals surface area (Å²) < 4.78 is 49.5. The molecule has 2 aromatic rings. The van der Waals surface area contributed by atoms with Crippen LogP contribution in [0.2, 0.25) is 0 Å². The van der Waals surface area contributed by atoms with E-state index >= 15 is 0 Å². The third-order valence-corrected chi connectivity index (χ3v) is 5.77. The highest BCUT2D eigenvalue weighted by Crippen LogP contribution is 2.46. The summed E-state index contributed by atoms with van der Waals surface area (Å²) in [5, 5.41) is 2.58. The van der Waals surface area contributed by atoms with Crippen LogP contribution in [0.25, 0.3) is 0 Å². The van der Waals surface area contributed by atoms with Gasteiger partial charge in [-0.15, -0.1) is 0 Å². The SMILES string of the molecule is C[C@]1(c2cc(NC(=O)c3ccc(C#CC4CC4)cn3)ccc2F)C(N)=CCOCC1(F)F. The first-order chi connectivity index (χ1) is 15.2. The Balaban J connectivity index is 1.59. The molecule has 2 aliphatic rings. The van der Waals surface area contributed by atoms with Crippen molar-refractivity contribution < 1.29 is 22.7 Å². The number of nitrogens with one attached hydrogen (secondary N) is 1. The number of hydrogen-bond donors (Lipinski definition) is 2. The molecule has 8 heteroatoms. The molecule has 32 heavy (non-hydrogen) atoms. The van der Waals surface area contributed by atoms with Gasteiger partial charge in [-0.05, 0) is 56.2 Å². The number of alkyl halides is 2. The van der Waals surface area contributed by atoms with Gasteiger partial charge in [0, 0.05) is 34.6 Å². The Hall–Kier alpha value is -3.31. The number of hydrogen-bond acceptors (Lipinski definition) is 4. The highest BCUT2D eigenvalue weighted by atomic mass is 19.3. The van der Waals surface area contributed by atoms with E-state index in [0.29, 0.717) is 11.5 Å². The van der Waals surface area contributed by atoms with Crippen molar-refractivity contribution in [3.05, 3.63) is 70.9 Å². The van der Waals surface area contributed by atoms with Crippen LogP contribution in [0.15, 0.2) is 48.3 Å². The Morgan fingerprint density at radius 3 is 2.75 bits per heavy atom. The lowest BCUT2D eigenvalue weighted by Crippen LogP contribution is -2.49. The monoisotopic (exact) mass is 441 g/mol. The van der Waals surface area contributed by atoms with E-state index in [9.17, 15) is 18.0 Å². The molecule has 2 heterocycles. The van der Waals surface area contributed by atoms with Gasteiger partial charge in [0.05, 0.1) is 6.61 Å². The Morgan fingerprint density at radius 2 is 2.06 bits per heavy atom. The molecule has 0 radical (unpaired) electrons. The number of carbonyl (C=O) groups excluding carboxylic acids is 1. The van der Waals surface area contributed by atoms with Crippen LogP contribution in [0.4, 0.5) is 18.9 Å². The smallest absolute Gasteiger partial charge is 0.285 e. The minimum atomic E-state index is -3.47. The Labute approximate surface area is 183 Å². The van der Waals surface area contributed by atoms with Gasteiger partial charge in [0.25, 0.3) is 11.8 Å². The number of aromatic nitrogens is 1. The lowest BCUT2D eigenvalue weighted by atomic mass is 9.73. The zero-order valence-electron chi connectivity index (χ0n) is 17.4. The minimum absolute atomic E-state index is 0.0955. The summed E-state index contributed by atoms with van der Waals surface area (Å²) in [7, 11) is 0. The number of carbonyl (C=O) groups is 1. The third kappa shape index (κ3) is 4.21. The molecular formula is C24H22F3N3O2. The molecule has 0 bridgehead atoms. The second kappa shape index (κ2) is 8.32. The first-order valence-corrected chi connectivity index (χ1v) is 10.2. The molecule has 3 N–H and O–H groups in total. The Bertz CT molecular complexity index is 1130. The highest BCUT2D eigenvalue weighted by Gasteiger charge is 2.55. The molecule has 0 saturated heterocycles. The molecule has 5 nitrogen and oxygen atoms in total. The number of anilines is 1. The molecule has 1 aromatic heterocycles. The lowest BCUT2D eigenvalue weighted by Gasteiger charge is -2.37. The van der Waals surface area contributed by atoms with Crippen molar-refractivity contribution in [2.45, 2.75) is 31.1 Å². The van der Waals surface area contributed by atoms with Gasteiger partial charge in [0.1, 0.15) is 23.5 Å². The van der Waals surface area contributed by atoms with E-state index in [4.69, 9.17) is 10.5 Å². The zero-order chi connectivity index (χ0) is 22.9. The number of pyridine rings is 1. The van der Waals surface area contributed by atoms with E-state index < -0.39 is 29.7 Å². The van der Waals surface area contributed by atoms with Crippen LogP contribution in [0.3, 0.4) is 0 Å². The predicted molar refractivity (Wildman–Crippen MR) is 114 cm³/mol. The van der Waals surface area contributed by atoms with Gasteiger partial charge < -0.3 is 15.8 Å². The average Bonchev–Trinajstić information content (AvgIpc) is 3.61. The van der Waals surface area contributed by atoms with Crippen molar-refractivity contribution >= 4 is 11.6 Å². The molecule has 1 aliphatic carbocycles. The maximum atomic E-state index is 14.9. The number of nitrogens with zero attached hydrogens (tertiary/aromatic N) is 1. The Morgan fingerprint density at radius 1 is 1.28 bits per heavy atom. The predicted octanol–water partition coefficient (Wildman–Crippen LogP) is 4.00. The van der Waals surface area contributed by atoms with Gasteiger partial charge >= 0.3 is 0 Å². The molecule has 1 atom stereocenters. The van der Waals surface area contributed by atoms with Crippen LogP contribution in [-0.2, 0) is 10.2 Å². The summed E-state index contributed by atoms with van der Waals surface area (Å²) in [4.78, 5) is 16.7. The van der Waals surface area contributed by atoms with E-state index in [1.54, 1.807) is 6.07 Å². The molecule has 1 amide bonds. The number of benzene rings is 1. The van der Waals surface area contributed by atoms with Crippen molar-refractivity contribution in [3.8, 4) is 11.8 Å². The largest absolute Gasteiger partial charge is 0.401 e. The average molecular weight is 441 g/mol. The fourth-order valence-corrected chi connectivity index (χ4v) is 3.44. The molecule has 166 valence electrons. The van der Waals surface area contributed by atoms with Crippen molar-refractivity contribution in [1.29, 1.82) is 0 Å². The number of amides is 1. The van der Waals surface area contributed by atoms with Crippen LogP contribution < -0.4 is 11.1 Å². The van der Waals surface area contributed by atoms with E-state index in [-0.39, 0.29) is 29.2 Å². The van der Waals surface area contributed by atoms with Crippen molar-refractivity contribution in [2.75, 3.05) is 18.5 Å². The van der Waals surface area contributed by atoms with E-state index in [1.807, 2.05) is 0 Å². The maximum absolute atomic E-state index is 14.9. The molecule has 0 unspecified atom stereocenters. The number of rotatable bonds is 3. The topological polar surface area (TPSA) is 77.2 Å². The van der Waals surface area contributed by atoms with Crippen molar-refractivity contribution in [1.82, 2.24) is 4.98 Å². The molecule has 1 aromatic carbocycles. The zero-order valence-corrected chi connectivity index (χ0v) is 17.4. The van der Waals surface area contributed by atoms with Gasteiger partial charge in [-0.2, -0.15) is 0 Å². The molecule has 1 aliphatic heterocycles. The van der Waals surface area contributed by atoms with Gasteiger partial charge in [-0.25, -0.2) is 18.2 Å². The van der Waals surface area contributed by atoms with E-state index in [0.717, 1.165) is 18.9 Å². The first-order valence-electron chi connectivity index (χ1n) is 10.2. The Kier molecular flexibility index (Phi) is 5.70. The van der Waals surface area contributed by atoms with Gasteiger partial charge in [-0.1, -0.05) is 11.8 Å². The quantitative estimate of drug-likeness (QED) is 0.706. The number of ether oxygens (including phenoxy) is 1. The van der Waals surface area contributed by atoms with Crippen molar-refractivity contribution in [2.24, 2.45) is 11.7 Å². The van der Waals surface area contributed by atoms with Crippen LogP contribution >= 0.6 is 0 Å². The molecule has 1 saturated carbocycles. The number of allylic oxidation sites excluding steroid dienone is 1. The molecule has 1 fully saturated rings. The summed E-state index contributed by atoms with van der Waals surface area (Å²) in [6.45, 7) is 0.166. The number of halogens is 3. The van der Waals surface area contributed by atoms with Gasteiger partial charge in [-0.3, -0.25) is 4.79 Å². The third-order valence-electron chi connectivity index (χ3n) is 5.77. The van der Waals surface area contributed by atoms with Crippen molar-refractivity contribution in [3.63, 3.8) is 0 Å². The summed E-state index contributed by atoms with van der Waals surface area (Å²) in [6, 6.07) is 6.69. The van der Waals surface area contributed by atoms with Crippen LogP contribution in [-0.4, -0.2) is 30.0 Å². The van der Waals surface area contributed by atoms with Gasteiger partial charge in [0.2, 0.25) is 0 Å². The lowest BCUT2D eigenvalue weighted by molar-refractivity contribution is -0.108. The molecule has 4 rings (SSSR count). The minimum Gasteiger partial charge on any atom is -0.401 e. The second-order valence-electron chi connectivity index (χ2n) is 8.13. The normalized spacial score (nSPS) is 22.2. The van der Waals surface area contributed by atoms with E-state index in [1.165, 1.54) is 37.4 Å². The summed E-state index contributed by atoms with van der Waals surface area (Å²) in [5.74, 6) is 1.68. The summed E-state index contributed by atoms with van der Waals surface area (Å²) >= 11 is 0. The highest BCUT2D eigenvalue weighted by molar-refractivity contribution is 6.02. The summed E-state index contributed by atoms with van der Waals surface area (Å²) in [6.07, 6.45) is 5.03. The van der Waals surface area contributed by atoms with Crippen LogP contribution in [0.5, 0.6) is 0 Å². The molecular weight excluding hydrogens is 419 g/mol. The second-order valence-corrected chi connectivity index (χ2v) is 8.13. The van der Waals surface area contributed by atoms with Gasteiger partial charge in [0.15, 0.2) is 0 Å². The molecule has 0 spiro atoms. The fraction of sp³-hybridized carbons (Fsp3) is 0.333. The maximum Gasteiger partial charge on any atom is 0.285 e. The standard InChI is InChI=1S/C24H22F3N3O2/c1-23(21(28)10-11-32-14-24(23,26)27)18-12-17(7-8-19(18)25)30-22(31)20-9-6-16(13-29-20)5-4-15-2-3-15/h6-10,12-13,15H,2-3,11,14,28H2,1H3,(H,30,31)/t23-/m0/s1. The van der Waals surface area contributed by atoms with Crippen LogP contribution in [0.1, 0.15) is 41.4 Å². The first kappa shape index (κ1) is 21.9. The fourth-order valence-electron chi connectivity index (χ4n) is 3.44. The summed E-state index contributed by atoms with van der Waals surface area (Å²) in [5.41, 5.74) is 4.19. The number of nitrogens with two attached hydrogens (primary N) is 1. The van der Waals surface area contributed by atoms with Crippen LogP contribution in [0, 0.1) is 23.6 Å². The van der Waals surface area contributed by atoms with E-state index in [2.05, 4.69) is 22.1 Å².